The number of rotatable bonds is 6. The van der Waals surface area contributed by atoms with Gasteiger partial charge in [0.15, 0.2) is 0 Å². The number of hydrogen-bond acceptors (Lipinski definition) is 5. The summed E-state index contributed by atoms with van der Waals surface area (Å²) in [4.78, 5) is 13.5. The Hall–Kier alpha value is -3.22. The van der Waals surface area contributed by atoms with Gasteiger partial charge in [-0.25, -0.2) is 0 Å². The third-order valence-electron chi connectivity index (χ3n) is 3.51. The number of hydrogen-bond donors (Lipinski definition) is 1. The minimum atomic E-state index is -0.250. The maximum Gasteiger partial charge on any atom is 0.248 e. The third-order valence-corrected chi connectivity index (χ3v) is 3.51. The van der Waals surface area contributed by atoms with Crippen molar-refractivity contribution in [1.29, 1.82) is 0 Å². The summed E-state index contributed by atoms with van der Waals surface area (Å²) in [7, 11) is 0. The molecule has 0 unspecified atom stereocenters. The number of anilines is 1. The molecule has 1 amide bonds. The fourth-order valence-electron chi connectivity index (χ4n) is 2.30. The number of benzene rings is 2. The van der Waals surface area contributed by atoms with E-state index in [1.165, 1.54) is 4.80 Å². The third kappa shape index (κ3) is 4.20. The molecule has 0 atom stereocenters. The van der Waals surface area contributed by atoms with E-state index in [0.717, 1.165) is 11.1 Å². The maximum absolute atomic E-state index is 12.2. The van der Waals surface area contributed by atoms with Crippen molar-refractivity contribution in [3.63, 3.8) is 0 Å². The van der Waals surface area contributed by atoms with Crippen LogP contribution in [-0.2, 0) is 11.3 Å². The standard InChI is InChI=1S/C18H19N5O2/c1-3-25-16-7-5-4-6-15(16)19-17(24)12-23-21-18(20-22-23)14-10-8-13(2)9-11-14/h4-11H,3,12H2,1-2H3,(H,19,24). The van der Waals surface area contributed by atoms with E-state index >= 15 is 0 Å². The van der Waals surface area contributed by atoms with Crippen molar-refractivity contribution in [3.8, 4) is 17.1 Å². The summed E-state index contributed by atoms with van der Waals surface area (Å²) in [6, 6.07) is 15.1. The molecule has 1 aromatic heterocycles. The number of ether oxygens (including phenoxy) is 1. The number of aryl methyl sites for hydroxylation is 1. The highest BCUT2D eigenvalue weighted by Gasteiger charge is 2.11. The lowest BCUT2D eigenvalue weighted by molar-refractivity contribution is -0.117. The van der Waals surface area contributed by atoms with Gasteiger partial charge in [0.2, 0.25) is 11.7 Å². The molecule has 1 N–H and O–H groups in total. The lowest BCUT2D eigenvalue weighted by Gasteiger charge is -2.10. The largest absolute Gasteiger partial charge is 0.492 e. The summed E-state index contributed by atoms with van der Waals surface area (Å²) in [5, 5.41) is 15.0. The van der Waals surface area contributed by atoms with Crippen LogP contribution in [0, 0.1) is 6.92 Å². The Morgan fingerprint density at radius 3 is 2.68 bits per heavy atom. The van der Waals surface area contributed by atoms with E-state index in [0.29, 0.717) is 23.9 Å². The highest BCUT2D eigenvalue weighted by molar-refractivity contribution is 5.92. The first kappa shape index (κ1) is 16.6. The highest BCUT2D eigenvalue weighted by Crippen LogP contribution is 2.23. The second-order valence-corrected chi connectivity index (χ2v) is 5.49. The van der Waals surface area contributed by atoms with Gasteiger partial charge in [-0.2, -0.15) is 4.80 Å². The van der Waals surface area contributed by atoms with Gasteiger partial charge < -0.3 is 10.1 Å². The Labute approximate surface area is 145 Å². The molecule has 7 nitrogen and oxygen atoms in total. The Kier molecular flexibility index (Phi) is 5.03. The molecule has 0 spiro atoms. The van der Waals surface area contributed by atoms with Crippen LogP contribution in [0.25, 0.3) is 11.4 Å². The van der Waals surface area contributed by atoms with Crippen molar-refractivity contribution in [3.05, 3.63) is 54.1 Å². The zero-order valence-electron chi connectivity index (χ0n) is 14.1. The molecule has 0 fully saturated rings. The van der Waals surface area contributed by atoms with E-state index in [9.17, 15) is 4.79 Å². The molecular formula is C18H19N5O2. The van der Waals surface area contributed by atoms with Crippen molar-refractivity contribution in [2.75, 3.05) is 11.9 Å². The van der Waals surface area contributed by atoms with E-state index in [2.05, 4.69) is 20.7 Å². The van der Waals surface area contributed by atoms with E-state index < -0.39 is 0 Å². The van der Waals surface area contributed by atoms with Gasteiger partial charge in [-0.1, -0.05) is 42.0 Å². The molecule has 0 bridgehead atoms. The molecular weight excluding hydrogens is 318 g/mol. The van der Waals surface area contributed by atoms with Gasteiger partial charge in [0.05, 0.1) is 12.3 Å². The topological polar surface area (TPSA) is 81.9 Å². The number of tetrazole rings is 1. The predicted molar refractivity (Wildman–Crippen MR) is 94.2 cm³/mol. The average molecular weight is 337 g/mol. The monoisotopic (exact) mass is 337 g/mol. The number of carbonyl (C=O) groups is 1. The van der Waals surface area contributed by atoms with Crippen LogP contribution in [0.3, 0.4) is 0 Å². The molecule has 0 radical (unpaired) electrons. The molecule has 128 valence electrons. The van der Waals surface area contributed by atoms with Crippen LogP contribution in [0.15, 0.2) is 48.5 Å². The van der Waals surface area contributed by atoms with Gasteiger partial charge in [-0.05, 0) is 31.2 Å². The van der Waals surface area contributed by atoms with Gasteiger partial charge in [0, 0.05) is 5.56 Å². The smallest absolute Gasteiger partial charge is 0.248 e. The number of nitrogens with zero attached hydrogens (tertiary/aromatic N) is 4. The zero-order chi connectivity index (χ0) is 17.6. The van der Waals surface area contributed by atoms with Crippen LogP contribution in [-0.4, -0.2) is 32.7 Å². The normalized spacial score (nSPS) is 10.5. The molecule has 0 saturated heterocycles. The SMILES string of the molecule is CCOc1ccccc1NC(=O)Cn1nnc(-c2ccc(C)cc2)n1. The minimum absolute atomic E-state index is 0.0285. The Balaban J connectivity index is 1.67. The number of aromatic nitrogens is 4. The quantitative estimate of drug-likeness (QED) is 0.748. The van der Waals surface area contributed by atoms with Crippen molar-refractivity contribution in [1.82, 2.24) is 20.2 Å². The van der Waals surface area contributed by atoms with E-state index in [-0.39, 0.29) is 12.5 Å². The molecule has 3 rings (SSSR count). The molecule has 7 heteroatoms. The number of nitrogens with one attached hydrogen (secondary N) is 1. The van der Waals surface area contributed by atoms with Crippen LogP contribution in [0.5, 0.6) is 5.75 Å². The molecule has 3 aromatic rings. The van der Waals surface area contributed by atoms with E-state index in [1.54, 1.807) is 6.07 Å². The summed E-state index contributed by atoms with van der Waals surface area (Å²) in [6.07, 6.45) is 0. The number of carbonyl (C=O) groups excluding carboxylic acids is 1. The van der Waals surface area contributed by atoms with Crippen LogP contribution in [0.4, 0.5) is 5.69 Å². The fourth-order valence-corrected chi connectivity index (χ4v) is 2.30. The predicted octanol–water partition coefficient (Wildman–Crippen LogP) is 2.69. The summed E-state index contributed by atoms with van der Waals surface area (Å²) in [5.41, 5.74) is 2.63. The highest BCUT2D eigenvalue weighted by atomic mass is 16.5. The lowest BCUT2D eigenvalue weighted by Crippen LogP contribution is -2.20. The minimum Gasteiger partial charge on any atom is -0.492 e. The molecule has 0 aliphatic heterocycles. The second kappa shape index (κ2) is 7.57. The first-order chi connectivity index (χ1) is 12.2. The summed E-state index contributed by atoms with van der Waals surface area (Å²) < 4.78 is 5.49. The second-order valence-electron chi connectivity index (χ2n) is 5.49. The number of para-hydroxylation sites is 2. The summed E-state index contributed by atoms with van der Waals surface area (Å²) >= 11 is 0. The Morgan fingerprint density at radius 1 is 1.16 bits per heavy atom. The lowest BCUT2D eigenvalue weighted by atomic mass is 10.1. The van der Waals surface area contributed by atoms with Gasteiger partial charge in [0.1, 0.15) is 12.3 Å². The van der Waals surface area contributed by atoms with Crippen molar-refractivity contribution in [2.24, 2.45) is 0 Å². The molecule has 0 saturated carbocycles. The van der Waals surface area contributed by atoms with E-state index in [1.807, 2.05) is 56.3 Å². The number of amides is 1. The van der Waals surface area contributed by atoms with Gasteiger partial charge >= 0.3 is 0 Å². The van der Waals surface area contributed by atoms with Crippen LogP contribution in [0.2, 0.25) is 0 Å². The fraction of sp³-hybridized carbons (Fsp3) is 0.222. The van der Waals surface area contributed by atoms with Gasteiger partial charge in [-0.3, -0.25) is 4.79 Å². The molecule has 1 heterocycles. The van der Waals surface area contributed by atoms with Crippen LogP contribution < -0.4 is 10.1 Å². The Morgan fingerprint density at radius 2 is 1.92 bits per heavy atom. The first-order valence-corrected chi connectivity index (χ1v) is 8.02. The molecule has 25 heavy (non-hydrogen) atoms. The van der Waals surface area contributed by atoms with E-state index in [4.69, 9.17) is 4.74 Å². The van der Waals surface area contributed by atoms with Gasteiger partial charge in [0.25, 0.3) is 0 Å². The van der Waals surface area contributed by atoms with Crippen LogP contribution >= 0.6 is 0 Å². The maximum atomic E-state index is 12.2. The molecule has 0 aliphatic rings. The van der Waals surface area contributed by atoms with Crippen molar-refractivity contribution < 1.29 is 9.53 Å². The average Bonchev–Trinajstić information content (AvgIpc) is 3.06. The molecule has 0 aliphatic carbocycles. The van der Waals surface area contributed by atoms with Crippen LogP contribution in [0.1, 0.15) is 12.5 Å². The first-order valence-electron chi connectivity index (χ1n) is 8.02. The zero-order valence-corrected chi connectivity index (χ0v) is 14.1. The van der Waals surface area contributed by atoms with Crippen molar-refractivity contribution >= 4 is 11.6 Å². The molecule has 2 aromatic carbocycles. The summed E-state index contributed by atoms with van der Waals surface area (Å²) in [6.45, 7) is 4.40. The van der Waals surface area contributed by atoms with Crippen molar-refractivity contribution in [2.45, 2.75) is 20.4 Å². The Bertz CT molecular complexity index is 858. The summed E-state index contributed by atoms with van der Waals surface area (Å²) in [5.74, 6) is 0.868. The van der Waals surface area contributed by atoms with Gasteiger partial charge in [-0.15, -0.1) is 10.2 Å².